The van der Waals surface area contributed by atoms with Crippen molar-refractivity contribution in [1.82, 2.24) is 14.5 Å². The fraction of sp³-hybridized carbons (Fsp3) is 0. The van der Waals surface area contributed by atoms with Gasteiger partial charge in [-0.1, -0.05) is 103 Å². The second-order valence-corrected chi connectivity index (χ2v) is 13.6. The third-order valence-corrected chi connectivity index (χ3v) is 11.0. The van der Waals surface area contributed by atoms with E-state index in [1.807, 2.05) is 29.5 Å². The molecule has 0 saturated carbocycles. The average Bonchev–Trinajstić information content (AvgIpc) is 3.85. The number of benzene rings is 7. The van der Waals surface area contributed by atoms with Crippen molar-refractivity contribution in [3.05, 3.63) is 152 Å². The van der Waals surface area contributed by atoms with Gasteiger partial charge in [-0.05, 0) is 48.5 Å². The Balaban J connectivity index is 1.20. The van der Waals surface area contributed by atoms with Crippen LogP contribution in [0, 0.1) is 0 Å². The van der Waals surface area contributed by atoms with Gasteiger partial charge in [-0.15, -0.1) is 11.3 Å². The number of hydrogen-bond acceptors (Lipinski definition) is 4. The van der Waals surface area contributed by atoms with Crippen LogP contribution < -0.4 is 0 Å². The van der Waals surface area contributed by atoms with Gasteiger partial charge in [-0.3, -0.25) is 0 Å². The van der Waals surface area contributed by atoms with Crippen LogP contribution in [-0.2, 0) is 0 Å². The molecule has 4 aromatic heterocycles. The summed E-state index contributed by atoms with van der Waals surface area (Å²) in [5.74, 6) is 0.713. The molecule has 0 aliphatic rings. The Morgan fingerprint density at radius 2 is 1.20 bits per heavy atom. The Hall–Kier alpha value is -6.30. The Kier molecular flexibility index (Phi) is 5.51. The van der Waals surface area contributed by atoms with E-state index in [0.29, 0.717) is 5.82 Å². The van der Waals surface area contributed by atoms with Crippen molar-refractivity contribution in [2.24, 2.45) is 0 Å². The molecule has 4 heterocycles. The molecule has 0 N–H and O–H groups in total. The Bertz CT molecular complexity index is 3100. The van der Waals surface area contributed by atoms with Crippen LogP contribution in [0.4, 0.5) is 0 Å². The fourth-order valence-electron chi connectivity index (χ4n) is 7.66. The molecular weight excluding hydrogens is 619 g/mol. The second kappa shape index (κ2) is 10.1. The Labute approximate surface area is 284 Å². The minimum Gasteiger partial charge on any atom is -0.455 e. The van der Waals surface area contributed by atoms with Gasteiger partial charge in [0.25, 0.3) is 0 Å². The van der Waals surface area contributed by atoms with Gasteiger partial charge < -0.3 is 8.98 Å². The quantitative estimate of drug-likeness (QED) is 0.192. The lowest BCUT2D eigenvalue weighted by atomic mass is 10.0. The van der Waals surface area contributed by atoms with Crippen molar-refractivity contribution in [2.45, 2.75) is 0 Å². The van der Waals surface area contributed by atoms with E-state index < -0.39 is 0 Å². The molecule has 49 heavy (non-hydrogen) atoms. The topological polar surface area (TPSA) is 43.9 Å². The van der Waals surface area contributed by atoms with Crippen LogP contribution in [0.1, 0.15) is 0 Å². The molecule has 0 aliphatic heterocycles. The van der Waals surface area contributed by atoms with Crippen LogP contribution in [-0.4, -0.2) is 14.5 Å². The van der Waals surface area contributed by atoms with E-state index in [-0.39, 0.29) is 0 Å². The van der Waals surface area contributed by atoms with Crippen LogP contribution in [0.3, 0.4) is 0 Å². The highest BCUT2D eigenvalue weighted by Crippen LogP contribution is 2.50. The number of nitrogens with zero attached hydrogens (tertiary/aromatic N) is 3. The maximum atomic E-state index is 6.72. The predicted molar refractivity (Wildman–Crippen MR) is 205 cm³/mol. The smallest absolute Gasteiger partial charge is 0.160 e. The molecule has 0 atom stereocenters. The molecule has 0 amide bonds. The zero-order valence-corrected chi connectivity index (χ0v) is 26.9. The van der Waals surface area contributed by atoms with Crippen molar-refractivity contribution in [1.29, 1.82) is 0 Å². The average molecular weight is 644 g/mol. The highest BCUT2D eigenvalue weighted by atomic mass is 32.1. The van der Waals surface area contributed by atoms with Gasteiger partial charge in [0.05, 0.1) is 26.9 Å². The SMILES string of the molecule is c1ccc(-c2nc(-c3ccc(-n4c5ccccc5c5c6c7ccccc7oc6c6c7ccccc7sc6c54)cc3)nc3ccccc23)cc1. The minimum atomic E-state index is 0.713. The first kappa shape index (κ1) is 26.7. The summed E-state index contributed by atoms with van der Waals surface area (Å²) in [6.45, 7) is 0. The van der Waals surface area contributed by atoms with E-state index >= 15 is 0 Å². The third-order valence-electron chi connectivity index (χ3n) is 9.79. The fourth-order valence-corrected chi connectivity index (χ4v) is 8.91. The molecule has 0 unspecified atom stereocenters. The number of para-hydroxylation sites is 3. The van der Waals surface area contributed by atoms with Crippen LogP contribution in [0.5, 0.6) is 0 Å². The molecule has 0 saturated heterocycles. The summed E-state index contributed by atoms with van der Waals surface area (Å²) in [7, 11) is 0. The lowest BCUT2D eigenvalue weighted by Gasteiger charge is -2.11. The van der Waals surface area contributed by atoms with Gasteiger partial charge in [-0.2, -0.15) is 0 Å². The first-order valence-electron chi connectivity index (χ1n) is 16.4. The summed E-state index contributed by atoms with van der Waals surface area (Å²) in [6, 6.07) is 53.2. The largest absolute Gasteiger partial charge is 0.455 e. The van der Waals surface area contributed by atoms with Crippen molar-refractivity contribution in [3.63, 3.8) is 0 Å². The summed E-state index contributed by atoms with van der Waals surface area (Å²) in [5.41, 5.74) is 9.25. The molecular formula is C44H25N3OS. The number of hydrogen-bond donors (Lipinski definition) is 0. The molecule has 0 radical (unpaired) electrons. The zero-order chi connectivity index (χ0) is 32.1. The molecule has 7 aromatic carbocycles. The molecule has 0 aliphatic carbocycles. The number of rotatable bonds is 3. The number of furan rings is 1. The molecule has 11 aromatic rings. The van der Waals surface area contributed by atoms with E-state index in [1.54, 1.807) is 0 Å². The maximum Gasteiger partial charge on any atom is 0.160 e. The van der Waals surface area contributed by atoms with Crippen LogP contribution in [0.25, 0.3) is 103 Å². The first-order chi connectivity index (χ1) is 24.3. The molecule has 5 heteroatoms. The summed E-state index contributed by atoms with van der Waals surface area (Å²) in [5, 5.41) is 8.20. The molecule has 0 spiro atoms. The van der Waals surface area contributed by atoms with Gasteiger partial charge in [0.2, 0.25) is 0 Å². The normalized spacial score (nSPS) is 12.1. The van der Waals surface area contributed by atoms with E-state index in [1.165, 1.54) is 41.8 Å². The highest BCUT2D eigenvalue weighted by molar-refractivity contribution is 7.27. The zero-order valence-electron chi connectivity index (χ0n) is 26.1. The third kappa shape index (κ3) is 3.79. The maximum absolute atomic E-state index is 6.72. The van der Waals surface area contributed by atoms with Gasteiger partial charge in [0.15, 0.2) is 5.82 Å². The van der Waals surface area contributed by atoms with Crippen molar-refractivity contribution in [3.8, 4) is 28.3 Å². The van der Waals surface area contributed by atoms with Gasteiger partial charge >= 0.3 is 0 Å². The number of aromatic nitrogens is 3. The van der Waals surface area contributed by atoms with Gasteiger partial charge in [0.1, 0.15) is 11.2 Å². The summed E-state index contributed by atoms with van der Waals surface area (Å²) in [6.07, 6.45) is 0. The lowest BCUT2D eigenvalue weighted by Crippen LogP contribution is -1.97. The van der Waals surface area contributed by atoms with Crippen LogP contribution in [0.2, 0.25) is 0 Å². The molecule has 4 nitrogen and oxygen atoms in total. The van der Waals surface area contributed by atoms with Crippen molar-refractivity contribution < 1.29 is 4.42 Å². The molecule has 0 bridgehead atoms. The Morgan fingerprint density at radius 1 is 0.510 bits per heavy atom. The van der Waals surface area contributed by atoms with E-state index in [0.717, 1.165) is 55.5 Å². The molecule has 228 valence electrons. The predicted octanol–water partition coefficient (Wildman–Crippen LogP) is 12.3. The van der Waals surface area contributed by atoms with Gasteiger partial charge in [0, 0.05) is 59.2 Å². The van der Waals surface area contributed by atoms with Gasteiger partial charge in [-0.25, -0.2) is 9.97 Å². The van der Waals surface area contributed by atoms with E-state index in [4.69, 9.17) is 14.4 Å². The van der Waals surface area contributed by atoms with Crippen molar-refractivity contribution in [2.75, 3.05) is 0 Å². The van der Waals surface area contributed by atoms with E-state index in [2.05, 4.69) is 138 Å². The highest BCUT2D eigenvalue weighted by Gasteiger charge is 2.25. The molecule has 11 rings (SSSR count). The van der Waals surface area contributed by atoms with Crippen molar-refractivity contribution >= 4 is 86.2 Å². The summed E-state index contributed by atoms with van der Waals surface area (Å²) < 4.78 is 11.6. The monoisotopic (exact) mass is 643 g/mol. The van der Waals surface area contributed by atoms with Crippen LogP contribution >= 0.6 is 11.3 Å². The number of thiophene rings is 1. The van der Waals surface area contributed by atoms with E-state index in [9.17, 15) is 0 Å². The summed E-state index contributed by atoms with van der Waals surface area (Å²) in [4.78, 5) is 10.1. The minimum absolute atomic E-state index is 0.713. The first-order valence-corrected chi connectivity index (χ1v) is 17.2. The standard InChI is InChI=1S/C44H25N3OS/c1-2-12-26(13-3-1)40-29-14-4-8-18-33(29)45-44(46-40)27-22-24-28(25-23-27)47-34-19-9-5-15-30(34)37-38-31-16-6-10-20-35(31)48-42(38)39-32-17-7-11-21-36(32)49-43(39)41(37)47/h1-25H. The number of fused-ring (bicyclic) bond motifs is 13. The second-order valence-electron chi connectivity index (χ2n) is 12.5. The molecule has 0 fully saturated rings. The lowest BCUT2D eigenvalue weighted by molar-refractivity contribution is 0.673. The summed E-state index contributed by atoms with van der Waals surface area (Å²) >= 11 is 1.84. The van der Waals surface area contributed by atoms with Crippen LogP contribution in [0.15, 0.2) is 156 Å². The Morgan fingerprint density at radius 3 is 2.06 bits per heavy atom.